The first kappa shape index (κ1) is 17.7. The molecule has 5 heteroatoms. The highest BCUT2D eigenvalue weighted by molar-refractivity contribution is 5.92. The second-order valence-electron chi connectivity index (χ2n) is 5.54. The van der Waals surface area contributed by atoms with Crippen molar-refractivity contribution >= 4 is 11.9 Å². The molecule has 1 N–H and O–H groups in total. The Morgan fingerprint density at radius 3 is 2.54 bits per heavy atom. The molecule has 0 radical (unpaired) electrons. The number of carbonyl (C=O) groups is 2. The number of carbonyl (C=O) groups excluding carboxylic acids is 2. The summed E-state index contributed by atoms with van der Waals surface area (Å²) >= 11 is 0. The molecule has 0 heterocycles. The molecule has 0 aliphatic rings. The molecule has 0 aliphatic carbocycles. The standard InChI is InChI=1S/C19H20FNO3/c1-13-8-9-16(12-17(13)20)19(23)24-14(2)18(22)21-11-10-15-6-4-3-5-7-15/h3-9,12,14H,10-11H2,1-2H3,(H,21,22). The van der Waals surface area contributed by atoms with Gasteiger partial charge in [-0.15, -0.1) is 0 Å². The average Bonchev–Trinajstić information content (AvgIpc) is 2.58. The van der Waals surface area contributed by atoms with Gasteiger partial charge in [0, 0.05) is 6.54 Å². The molecule has 0 fully saturated rings. The third kappa shape index (κ3) is 4.91. The molecule has 0 aromatic heterocycles. The van der Waals surface area contributed by atoms with E-state index in [1.54, 1.807) is 6.92 Å². The molecule has 1 amide bonds. The average molecular weight is 329 g/mol. The van der Waals surface area contributed by atoms with Crippen LogP contribution >= 0.6 is 0 Å². The fourth-order valence-corrected chi connectivity index (χ4v) is 2.12. The van der Waals surface area contributed by atoms with Crippen LogP contribution in [0.1, 0.15) is 28.4 Å². The third-order valence-electron chi connectivity index (χ3n) is 3.62. The van der Waals surface area contributed by atoms with Crippen molar-refractivity contribution in [3.05, 3.63) is 71.0 Å². The largest absolute Gasteiger partial charge is 0.449 e. The molecule has 2 rings (SSSR count). The Kier molecular flexibility index (Phi) is 6.07. The lowest BCUT2D eigenvalue weighted by Crippen LogP contribution is -2.36. The second kappa shape index (κ2) is 8.24. The van der Waals surface area contributed by atoms with Crippen LogP contribution < -0.4 is 5.32 Å². The van der Waals surface area contributed by atoms with Crippen LogP contribution in [0.15, 0.2) is 48.5 Å². The number of halogens is 1. The van der Waals surface area contributed by atoms with Crippen LogP contribution in [0.4, 0.5) is 4.39 Å². The van der Waals surface area contributed by atoms with E-state index in [1.807, 2.05) is 30.3 Å². The second-order valence-corrected chi connectivity index (χ2v) is 5.54. The van der Waals surface area contributed by atoms with Crippen molar-refractivity contribution in [3.8, 4) is 0 Å². The van der Waals surface area contributed by atoms with Gasteiger partial charge in [0.2, 0.25) is 0 Å². The number of ether oxygens (including phenoxy) is 1. The van der Waals surface area contributed by atoms with E-state index in [0.717, 1.165) is 11.6 Å². The predicted molar refractivity (Wildman–Crippen MR) is 89.2 cm³/mol. The van der Waals surface area contributed by atoms with Gasteiger partial charge in [-0.2, -0.15) is 0 Å². The zero-order valence-corrected chi connectivity index (χ0v) is 13.7. The maximum absolute atomic E-state index is 13.5. The predicted octanol–water partition coefficient (Wildman–Crippen LogP) is 3.04. The molecule has 0 bridgehead atoms. The van der Waals surface area contributed by atoms with Gasteiger partial charge in [0.25, 0.3) is 5.91 Å². The van der Waals surface area contributed by atoms with Crippen LogP contribution in [-0.2, 0) is 16.0 Å². The summed E-state index contributed by atoms with van der Waals surface area (Å²) in [7, 11) is 0. The minimum Gasteiger partial charge on any atom is -0.449 e. The Morgan fingerprint density at radius 1 is 1.17 bits per heavy atom. The van der Waals surface area contributed by atoms with E-state index in [9.17, 15) is 14.0 Å². The highest BCUT2D eigenvalue weighted by atomic mass is 19.1. The normalized spacial score (nSPS) is 11.6. The minimum absolute atomic E-state index is 0.0852. The summed E-state index contributed by atoms with van der Waals surface area (Å²) in [5, 5.41) is 2.72. The molecule has 126 valence electrons. The van der Waals surface area contributed by atoms with E-state index in [2.05, 4.69) is 5.32 Å². The van der Waals surface area contributed by atoms with Gasteiger partial charge in [0.15, 0.2) is 6.10 Å². The van der Waals surface area contributed by atoms with Crippen LogP contribution in [0.5, 0.6) is 0 Å². The number of nitrogens with one attached hydrogen (secondary N) is 1. The monoisotopic (exact) mass is 329 g/mol. The van der Waals surface area contributed by atoms with Crippen molar-refractivity contribution in [2.45, 2.75) is 26.4 Å². The maximum atomic E-state index is 13.5. The summed E-state index contributed by atoms with van der Waals surface area (Å²) in [5.74, 6) is -1.59. The van der Waals surface area contributed by atoms with Crippen LogP contribution in [0.2, 0.25) is 0 Å². The summed E-state index contributed by atoms with van der Waals surface area (Å²) in [6.45, 7) is 3.54. The topological polar surface area (TPSA) is 55.4 Å². The Labute approximate surface area is 140 Å². The van der Waals surface area contributed by atoms with Gasteiger partial charge in [-0.3, -0.25) is 4.79 Å². The Balaban J connectivity index is 1.82. The van der Waals surface area contributed by atoms with E-state index in [4.69, 9.17) is 4.74 Å². The number of hydrogen-bond acceptors (Lipinski definition) is 3. The van der Waals surface area contributed by atoms with E-state index in [0.29, 0.717) is 18.5 Å². The zero-order chi connectivity index (χ0) is 17.5. The van der Waals surface area contributed by atoms with Crippen LogP contribution in [0, 0.1) is 12.7 Å². The van der Waals surface area contributed by atoms with E-state index >= 15 is 0 Å². The van der Waals surface area contributed by atoms with Crippen LogP contribution in [0.25, 0.3) is 0 Å². The summed E-state index contributed by atoms with van der Waals surface area (Å²) in [5.41, 5.74) is 1.64. The molecule has 2 aromatic rings. The number of amides is 1. The van der Waals surface area contributed by atoms with E-state index in [-0.39, 0.29) is 11.5 Å². The van der Waals surface area contributed by atoms with Crippen molar-refractivity contribution in [3.63, 3.8) is 0 Å². The SMILES string of the molecule is Cc1ccc(C(=O)OC(C)C(=O)NCCc2ccccc2)cc1F. The quantitative estimate of drug-likeness (QED) is 0.829. The van der Waals surface area contributed by atoms with Crippen LogP contribution in [0.3, 0.4) is 0 Å². The van der Waals surface area contributed by atoms with Crippen molar-refractivity contribution in [1.82, 2.24) is 5.32 Å². The highest BCUT2D eigenvalue weighted by Gasteiger charge is 2.19. The molecule has 0 spiro atoms. The van der Waals surface area contributed by atoms with Crippen molar-refractivity contribution < 1.29 is 18.7 Å². The molecule has 24 heavy (non-hydrogen) atoms. The fourth-order valence-electron chi connectivity index (χ4n) is 2.12. The first-order chi connectivity index (χ1) is 11.5. The van der Waals surface area contributed by atoms with Gasteiger partial charge in [-0.1, -0.05) is 36.4 Å². The van der Waals surface area contributed by atoms with Gasteiger partial charge in [0.1, 0.15) is 5.82 Å². The summed E-state index contributed by atoms with van der Waals surface area (Å²) in [6.07, 6.45) is -0.256. The Bertz CT molecular complexity index is 716. The van der Waals surface area contributed by atoms with Gasteiger partial charge < -0.3 is 10.1 Å². The lowest BCUT2D eigenvalue weighted by atomic mass is 10.1. The summed E-state index contributed by atoms with van der Waals surface area (Å²) < 4.78 is 18.6. The Hall–Kier alpha value is -2.69. The number of aryl methyl sites for hydroxylation is 1. The molecule has 0 aliphatic heterocycles. The third-order valence-corrected chi connectivity index (χ3v) is 3.62. The zero-order valence-electron chi connectivity index (χ0n) is 13.7. The molecular weight excluding hydrogens is 309 g/mol. The van der Waals surface area contributed by atoms with Crippen molar-refractivity contribution in [1.29, 1.82) is 0 Å². The van der Waals surface area contributed by atoms with Gasteiger partial charge in [-0.25, -0.2) is 9.18 Å². The van der Waals surface area contributed by atoms with Gasteiger partial charge in [-0.05, 0) is 43.5 Å². The molecule has 0 saturated carbocycles. The maximum Gasteiger partial charge on any atom is 0.339 e. The fraction of sp³-hybridized carbons (Fsp3) is 0.263. The Morgan fingerprint density at radius 2 is 1.88 bits per heavy atom. The van der Waals surface area contributed by atoms with Crippen molar-refractivity contribution in [2.75, 3.05) is 6.54 Å². The molecular formula is C19H20FNO3. The van der Waals surface area contributed by atoms with E-state index < -0.39 is 17.9 Å². The lowest BCUT2D eigenvalue weighted by molar-refractivity contribution is -0.129. The van der Waals surface area contributed by atoms with E-state index in [1.165, 1.54) is 19.1 Å². The molecule has 0 saturated heterocycles. The number of benzene rings is 2. The molecule has 1 atom stereocenters. The molecule has 2 aromatic carbocycles. The van der Waals surface area contributed by atoms with Gasteiger partial charge >= 0.3 is 5.97 Å². The lowest BCUT2D eigenvalue weighted by Gasteiger charge is -2.13. The summed E-state index contributed by atoms with van der Waals surface area (Å²) in [4.78, 5) is 23.9. The number of rotatable bonds is 6. The first-order valence-electron chi connectivity index (χ1n) is 7.76. The van der Waals surface area contributed by atoms with Crippen molar-refractivity contribution in [2.24, 2.45) is 0 Å². The first-order valence-corrected chi connectivity index (χ1v) is 7.76. The van der Waals surface area contributed by atoms with Gasteiger partial charge in [0.05, 0.1) is 5.56 Å². The molecule has 4 nitrogen and oxygen atoms in total. The molecule has 1 unspecified atom stereocenters. The minimum atomic E-state index is -0.947. The van der Waals surface area contributed by atoms with Crippen LogP contribution in [-0.4, -0.2) is 24.5 Å². The highest BCUT2D eigenvalue weighted by Crippen LogP contribution is 2.11. The number of hydrogen-bond donors (Lipinski definition) is 1. The summed E-state index contributed by atoms with van der Waals surface area (Å²) in [6, 6.07) is 13.8. The number of esters is 1. The smallest absolute Gasteiger partial charge is 0.339 e.